The van der Waals surface area contributed by atoms with Crippen LogP contribution in [-0.4, -0.2) is 48.3 Å². The van der Waals surface area contributed by atoms with E-state index in [0.29, 0.717) is 25.6 Å². The van der Waals surface area contributed by atoms with Crippen LogP contribution in [0.2, 0.25) is 0 Å². The van der Waals surface area contributed by atoms with Crippen molar-refractivity contribution in [3.8, 4) is 0 Å². The van der Waals surface area contributed by atoms with Crippen molar-refractivity contribution in [3.05, 3.63) is 47.5 Å². The fourth-order valence-corrected chi connectivity index (χ4v) is 11.5. The quantitative estimate of drug-likeness (QED) is 0.348. The first-order chi connectivity index (χ1) is 21.6. The van der Waals surface area contributed by atoms with E-state index >= 15 is 4.79 Å². The number of aliphatic hydroxyl groups is 1. The highest BCUT2D eigenvalue weighted by molar-refractivity contribution is 6.01. The molecule has 0 spiro atoms. The van der Waals surface area contributed by atoms with Crippen LogP contribution in [0.1, 0.15) is 93.1 Å². The number of allylic oxidation sites excluding steroid dienone is 1. The molecule has 1 aliphatic heterocycles. The fourth-order valence-electron chi connectivity index (χ4n) is 11.5. The minimum Gasteiger partial charge on any atom is -0.461 e. The number of aliphatic hydroxyl groups excluding tert-OH is 1. The number of esters is 2. The Labute approximate surface area is 274 Å². The molecule has 1 N–H and O–H groups in total. The molecule has 1 heterocycles. The molecule has 2 bridgehead atoms. The second-order valence-electron chi connectivity index (χ2n) is 16.8. The van der Waals surface area contributed by atoms with E-state index in [2.05, 4.69) is 48.5 Å². The Morgan fingerprint density at radius 1 is 1.02 bits per heavy atom. The van der Waals surface area contributed by atoms with Crippen LogP contribution in [0.25, 0.3) is 0 Å². The molecule has 4 fully saturated rings. The highest BCUT2D eigenvalue weighted by Gasteiger charge is 2.74. The summed E-state index contributed by atoms with van der Waals surface area (Å²) in [5.74, 6) is -0.664. The highest BCUT2D eigenvalue weighted by Crippen LogP contribution is 2.74. The van der Waals surface area contributed by atoms with Gasteiger partial charge in [-0.25, -0.2) is 0 Å². The van der Waals surface area contributed by atoms with Gasteiger partial charge in [-0.2, -0.15) is 0 Å². The fraction of sp³-hybridized carbons (Fsp3) is 0.718. The summed E-state index contributed by atoms with van der Waals surface area (Å²) in [6, 6.07) is 9.74. The van der Waals surface area contributed by atoms with Gasteiger partial charge in [0.15, 0.2) is 5.78 Å². The third-order valence-electron chi connectivity index (χ3n) is 14.5. The molecule has 4 aliphatic carbocycles. The minimum absolute atomic E-state index is 0.0118. The van der Waals surface area contributed by atoms with E-state index in [9.17, 15) is 14.7 Å². The van der Waals surface area contributed by atoms with Crippen LogP contribution in [-0.2, 0) is 35.2 Å². The summed E-state index contributed by atoms with van der Waals surface area (Å²) in [7, 11) is 0. The van der Waals surface area contributed by atoms with Crippen LogP contribution in [0.3, 0.4) is 0 Å². The molecule has 252 valence electrons. The standard InChI is InChI=1S/C39H54O7/c1-23(2)24(3)35(5)16-17-37(7)27-14-15-30-36(6)21-44-22-39(30,19-29(33(36)42)46-25(4)40)28(27)18-31(41)38(37,8)32(35)34(43)45-20-26-12-10-9-11-13-26/h9-13,18,23-24,27,29-30,32-33,42H,14-17,19-22H2,1-8H3/t24-,27+,29-,30+,32-,33+,35-,36+,37-,38+,39+/m1/s1. The van der Waals surface area contributed by atoms with E-state index in [0.717, 1.165) is 36.8 Å². The maximum absolute atomic E-state index is 15.1. The first-order valence-electron chi connectivity index (χ1n) is 17.5. The molecule has 0 radical (unpaired) electrons. The smallest absolute Gasteiger partial charge is 0.310 e. The molecule has 1 saturated heterocycles. The zero-order chi connectivity index (χ0) is 33.4. The molecule has 1 aromatic carbocycles. The summed E-state index contributed by atoms with van der Waals surface area (Å²) in [5.41, 5.74) is -1.03. The molecule has 5 aliphatic rings. The third-order valence-corrected chi connectivity index (χ3v) is 14.5. The lowest BCUT2D eigenvalue weighted by atomic mass is 9.34. The van der Waals surface area contributed by atoms with Crippen molar-refractivity contribution in [2.45, 2.75) is 106 Å². The molecule has 6 rings (SSSR count). The molecule has 7 heteroatoms. The van der Waals surface area contributed by atoms with E-state index in [1.807, 2.05) is 36.4 Å². The predicted molar refractivity (Wildman–Crippen MR) is 174 cm³/mol. The SMILES string of the molecule is CC(=O)O[C@@H]1C[C@@]23COC[C@@](C)([C@@H]2CC[C@H]2C3=CC(=O)[C@@]3(C)[C@H](C(=O)OCc4ccccc4)[C@@](C)([C@H](C)C(C)C)CC[C@]23C)[C@H]1O. The molecule has 0 aromatic heterocycles. The Hall–Kier alpha value is -2.51. The van der Waals surface area contributed by atoms with Crippen LogP contribution in [0.15, 0.2) is 42.0 Å². The maximum atomic E-state index is 15.1. The molecule has 1 aromatic rings. The molecule has 3 saturated carbocycles. The van der Waals surface area contributed by atoms with Gasteiger partial charge < -0.3 is 19.3 Å². The lowest BCUT2D eigenvalue weighted by Gasteiger charge is -2.70. The van der Waals surface area contributed by atoms with Crippen molar-refractivity contribution in [3.63, 3.8) is 0 Å². The number of carbonyl (C=O) groups is 3. The van der Waals surface area contributed by atoms with Crippen molar-refractivity contribution < 1.29 is 33.7 Å². The lowest BCUT2D eigenvalue weighted by Crippen LogP contribution is -2.71. The molecular formula is C39H54O7. The van der Waals surface area contributed by atoms with Crippen molar-refractivity contribution in [1.29, 1.82) is 0 Å². The lowest BCUT2D eigenvalue weighted by molar-refractivity contribution is -0.256. The number of ketones is 1. The number of hydrogen-bond donors (Lipinski definition) is 1. The topological polar surface area (TPSA) is 99.1 Å². The second-order valence-corrected chi connectivity index (χ2v) is 16.8. The molecule has 11 atom stereocenters. The zero-order valence-electron chi connectivity index (χ0n) is 29.1. The number of ether oxygens (including phenoxy) is 3. The largest absolute Gasteiger partial charge is 0.461 e. The summed E-state index contributed by atoms with van der Waals surface area (Å²) in [4.78, 5) is 41.8. The van der Waals surface area contributed by atoms with Gasteiger partial charge in [0, 0.05) is 23.2 Å². The van der Waals surface area contributed by atoms with Crippen LogP contribution < -0.4 is 0 Å². The average molecular weight is 635 g/mol. The third kappa shape index (κ3) is 4.53. The molecule has 0 unspecified atom stereocenters. The van der Waals surface area contributed by atoms with Crippen molar-refractivity contribution in [2.75, 3.05) is 13.2 Å². The van der Waals surface area contributed by atoms with Crippen molar-refractivity contribution in [1.82, 2.24) is 0 Å². The van der Waals surface area contributed by atoms with E-state index in [1.54, 1.807) is 0 Å². The summed E-state index contributed by atoms with van der Waals surface area (Å²) in [5, 5.41) is 11.5. The van der Waals surface area contributed by atoms with Crippen LogP contribution >= 0.6 is 0 Å². The summed E-state index contributed by atoms with van der Waals surface area (Å²) in [6.07, 6.45) is 4.20. The van der Waals surface area contributed by atoms with E-state index in [4.69, 9.17) is 14.2 Å². The van der Waals surface area contributed by atoms with Gasteiger partial charge in [0.1, 0.15) is 12.7 Å². The summed E-state index contributed by atoms with van der Waals surface area (Å²) >= 11 is 0. The Morgan fingerprint density at radius 2 is 1.72 bits per heavy atom. The monoisotopic (exact) mass is 634 g/mol. The molecule has 46 heavy (non-hydrogen) atoms. The maximum Gasteiger partial charge on any atom is 0.310 e. The van der Waals surface area contributed by atoms with Gasteiger partial charge in [0.2, 0.25) is 0 Å². The average Bonchev–Trinajstić information content (AvgIpc) is 3.00. The van der Waals surface area contributed by atoms with E-state index in [-0.39, 0.29) is 36.1 Å². The van der Waals surface area contributed by atoms with Crippen molar-refractivity contribution in [2.24, 2.45) is 56.7 Å². The number of rotatable bonds is 6. The van der Waals surface area contributed by atoms with Gasteiger partial charge in [0.25, 0.3) is 0 Å². The molecule has 0 amide bonds. The second kappa shape index (κ2) is 11.3. The minimum atomic E-state index is -0.975. The Kier molecular flexibility index (Phi) is 8.20. The normalized spacial score (nSPS) is 43.8. The highest BCUT2D eigenvalue weighted by atomic mass is 16.6. The van der Waals surface area contributed by atoms with Gasteiger partial charge in [0.05, 0.1) is 25.2 Å². The van der Waals surface area contributed by atoms with Gasteiger partial charge >= 0.3 is 11.9 Å². The van der Waals surface area contributed by atoms with Gasteiger partial charge in [-0.1, -0.05) is 84.4 Å². The zero-order valence-corrected chi connectivity index (χ0v) is 29.1. The number of hydrogen-bond acceptors (Lipinski definition) is 7. The first-order valence-corrected chi connectivity index (χ1v) is 17.5. The van der Waals surface area contributed by atoms with Crippen molar-refractivity contribution >= 4 is 17.7 Å². The number of fused-ring (bicyclic) bond motifs is 3. The van der Waals surface area contributed by atoms with Crippen LogP contribution in [0, 0.1) is 56.7 Å². The first kappa shape index (κ1) is 33.4. The van der Waals surface area contributed by atoms with Gasteiger partial charge in [-0.3, -0.25) is 14.4 Å². The Balaban J connectivity index is 1.46. The van der Waals surface area contributed by atoms with Crippen LogP contribution in [0.5, 0.6) is 0 Å². The van der Waals surface area contributed by atoms with Crippen LogP contribution in [0.4, 0.5) is 0 Å². The molecular weight excluding hydrogens is 580 g/mol. The Bertz CT molecular complexity index is 1420. The van der Waals surface area contributed by atoms with Gasteiger partial charge in [-0.05, 0) is 78.2 Å². The summed E-state index contributed by atoms with van der Waals surface area (Å²) in [6.45, 7) is 17.6. The number of carbonyl (C=O) groups excluding carboxylic acids is 3. The van der Waals surface area contributed by atoms with E-state index in [1.165, 1.54) is 6.92 Å². The molecule has 7 nitrogen and oxygen atoms in total. The van der Waals surface area contributed by atoms with Gasteiger partial charge in [-0.15, -0.1) is 0 Å². The summed E-state index contributed by atoms with van der Waals surface area (Å²) < 4.78 is 18.2. The predicted octanol–water partition coefficient (Wildman–Crippen LogP) is 6.71. The number of benzene rings is 1. The van der Waals surface area contributed by atoms with E-state index < -0.39 is 51.2 Å². The Morgan fingerprint density at radius 3 is 2.37 bits per heavy atom.